The van der Waals surface area contributed by atoms with Crippen LogP contribution in [0.1, 0.15) is 6.92 Å². The van der Waals surface area contributed by atoms with E-state index in [2.05, 4.69) is 10.3 Å². The molecule has 0 aromatic rings. The summed E-state index contributed by atoms with van der Waals surface area (Å²) < 4.78 is 0. The van der Waals surface area contributed by atoms with Crippen LogP contribution in [0.25, 0.3) is 0 Å². The van der Waals surface area contributed by atoms with E-state index in [9.17, 15) is 9.59 Å². The van der Waals surface area contributed by atoms with Gasteiger partial charge >= 0.3 is 11.9 Å². The number of aliphatic carboxylic acids is 1. The first-order valence-corrected chi connectivity index (χ1v) is 2.35. The summed E-state index contributed by atoms with van der Waals surface area (Å²) in [6.07, 6.45) is 0. The number of hydrogen-bond acceptors (Lipinski definition) is 4. The third-order valence-electron chi connectivity index (χ3n) is 0.484. The van der Waals surface area contributed by atoms with Crippen molar-refractivity contribution in [1.82, 2.24) is 5.48 Å². The molecule has 0 rings (SSSR count). The summed E-state index contributed by atoms with van der Waals surface area (Å²) in [7, 11) is 0. The number of rotatable bonds is 2. The summed E-state index contributed by atoms with van der Waals surface area (Å²) in [4.78, 5) is 23.7. The Morgan fingerprint density at radius 1 is 1.67 bits per heavy atom. The van der Waals surface area contributed by atoms with Crippen molar-refractivity contribution in [3.63, 3.8) is 0 Å². The number of hydroxylamine groups is 1. The smallest absolute Gasteiger partial charge is 0.435 e. The number of nitrogens with one attached hydrogen (secondary N) is 1. The van der Waals surface area contributed by atoms with Crippen LogP contribution in [0, 0.1) is 0 Å². The van der Waals surface area contributed by atoms with Crippen LogP contribution in [0.15, 0.2) is 0 Å². The van der Waals surface area contributed by atoms with Crippen molar-refractivity contribution in [2.24, 2.45) is 0 Å². The summed E-state index contributed by atoms with van der Waals surface area (Å²) >= 11 is 0. The van der Waals surface area contributed by atoms with Gasteiger partial charge in [0.25, 0.3) is 0 Å². The van der Waals surface area contributed by atoms with Gasteiger partial charge in [0.1, 0.15) is 0 Å². The fraction of sp³-hybridized carbons (Fsp3) is 0.500. The normalized spacial score (nSPS) is 8.56. The van der Waals surface area contributed by atoms with Crippen LogP contribution in [0.4, 0.5) is 0 Å². The first-order chi connectivity index (χ1) is 4.18. The van der Waals surface area contributed by atoms with Gasteiger partial charge in [-0.05, 0) is 6.92 Å². The summed E-state index contributed by atoms with van der Waals surface area (Å²) in [5.41, 5.74) is 2.10. The Morgan fingerprint density at radius 2 is 2.22 bits per heavy atom. The van der Waals surface area contributed by atoms with Crippen molar-refractivity contribution in [1.29, 1.82) is 0 Å². The van der Waals surface area contributed by atoms with Crippen molar-refractivity contribution in [2.45, 2.75) is 6.92 Å². The molecule has 52 valence electrons. The average Bonchev–Trinajstić information content (AvgIpc) is 1.82. The van der Waals surface area contributed by atoms with Gasteiger partial charge in [-0.2, -0.15) is 5.48 Å². The SMILES string of the molecule is CCNOC(=O)C(=O)O. The van der Waals surface area contributed by atoms with Gasteiger partial charge in [-0.25, -0.2) is 9.59 Å². The van der Waals surface area contributed by atoms with E-state index in [1.807, 2.05) is 0 Å². The van der Waals surface area contributed by atoms with Crippen LogP contribution < -0.4 is 5.48 Å². The third-order valence-corrected chi connectivity index (χ3v) is 0.484. The zero-order chi connectivity index (χ0) is 7.28. The molecular weight excluding hydrogens is 126 g/mol. The highest BCUT2D eigenvalue weighted by atomic mass is 16.7. The maximum absolute atomic E-state index is 10.0. The van der Waals surface area contributed by atoms with E-state index in [1.165, 1.54) is 0 Å². The monoisotopic (exact) mass is 133 g/mol. The molecule has 0 atom stereocenters. The number of carboxylic acids is 1. The van der Waals surface area contributed by atoms with Crippen LogP contribution in [0.5, 0.6) is 0 Å². The Morgan fingerprint density at radius 3 is 2.56 bits per heavy atom. The molecule has 0 aliphatic rings. The summed E-state index contributed by atoms with van der Waals surface area (Å²) in [6.45, 7) is 2.06. The zero-order valence-electron chi connectivity index (χ0n) is 4.88. The van der Waals surface area contributed by atoms with Gasteiger partial charge in [-0.3, -0.25) is 0 Å². The van der Waals surface area contributed by atoms with Crippen molar-refractivity contribution in [2.75, 3.05) is 6.54 Å². The minimum absolute atomic E-state index is 0.388. The fourth-order valence-corrected chi connectivity index (χ4v) is 0.181. The van der Waals surface area contributed by atoms with Gasteiger partial charge < -0.3 is 9.94 Å². The van der Waals surface area contributed by atoms with E-state index in [0.29, 0.717) is 6.54 Å². The Bertz CT molecular complexity index is 122. The molecule has 5 nitrogen and oxygen atoms in total. The minimum Gasteiger partial charge on any atom is -0.473 e. The van der Waals surface area contributed by atoms with Crippen molar-refractivity contribution < 1.29 is 19.5 Å². The predicted molar refractivity (Wildman–Crippen MR) is 27.4 cm³/mol. The standard InChI is InChI=1S/C4H7NO4/c1-2-5-9-4(8)3(6)7/h5H,2H2,1H3,(H,6,7). The van der Waals surface area contributed by atoms with E-state index in [-0.39, 0.29) is 0 Å². The van der Waals surface area contributed by atoms with Crippen molar-refractivity contribution in [3.05, 3.63) is 0 Å². The number of carbonyl (C=O) groups excluding carboxylic acids is 1. The van der Waals surface area contributed by atoms with Gasteiger partial charge in [-0.1, -0.05) is 0 Å². The lowest BCUT2D eigenvalue weighted by atomic mass is 10.7. The van der Waals surface area contributed by atoms with Gasteiger partial charge in [0.15, 0.2) is 0 Å². The second-order valence-electron chi connectivity index (χ2n) is 1.19. The molecule has 0 saturated heterocycles. The number of carboxylic acid groups (broad SMARTS) is 1. The lowest BCUT2D eigenvalue weighted by Crippen LogP contribution is -2.25. The molecule has 2 N–H and O–H groups in total. The van der Waals surface area contributed by atoms with Gasteiger partial charge in [0.2, 0.25) is 0 Å². The van der Waals surface area contributed by atoms with E-state index in [4.69, 9.17) is 5.11 Å². The van der Waals surface area contributed by atoms with Gasteiger partial charge in [0, 0.05) is 6.54 Å². The molecule has 0 aliphatic carbocycles. The zero-order valence-corrected chi connectivity index (χ0v) is 4.88. The number of carbonyl (C=O) groups is 2. The van der Waals surface area contributed by atoms with E-state index in [1.54, 1.807) is 6.92 Å². The predicted octanol–water partition coefficient (Wildman–Crippen LogP) is -0.861. The average molecular weight is 133 g/mol. The Balaban J connectivity index is 3.39. The van der Waals surface area contributed by atoms with Crippen LogP contribution >= 0.6 is 0 Å². The summed E-state index contributed by atoms with van der Waals surface area (Å²) in [5.74, 6) is -2.90. The first kappa shape index (κ1) is 7.90. The highest BCUT2D eigenvalue weighted by Gasteiger charge is 2.11. The molecular formula is C4H7NO4. The first-order valence-electron chi connectivity index (χ1n) is 2.35. The molecule has 0 amide bonds. The van der Waals surface area contributed by atoms with Crippen molar-refractivity contribution in [3.8, 4) is 0 Å². The van der Waals surface area contributed by atoms with Crippen LogP contribution in [0.2, 0.25) is 0 Å². The maximum Gasteiger partial charge on any atom is 0.435 e. The highest BCUT2D eigenvalue weighted by Crippen LogP contribution is 1.70. The summed E-state index contributed by atoms with van der Waals surface area (Å²) in [6, 6.07) is 0. The molecule has 0 radical (unpaired) electrons. The topological polar surface area (TPSA) is 75.6 Å². The quantitative estimate of drug-likeness (QED) is 0.378. The van der Waals surface area contributed by atoms with Crippen LogP contribution in [-0.4, -0.2) is 23.6 Å². The Hall–Kier alpha value is -1.10. The fourth-order valence-electron chi connectivity index (χ4n) is 0.181. The molecule has 0 bridgehead atoms. The Kier molecular flexibility index (Phi) is 3.38. The number of hydrogen-bond donors (Lipinski definition) is 2. The maximum atomic E-state index is 10.0. The molecule has 0 spiro atoms. The lowest BCUT2D eigenvalue weighted by Gasteiger charge is -1.96. The van der Waals surface area contributed by atoms with E-state index in [0.717, 1.165) is 0 Å². The van der Waals surface area contributed by atoms with Crippen molar-refractivity contribution >= 4 is 11.9 Å². The summed E-state index contributed by atoms with van der Waals surface area (Å²) in [5, 5.41) is 7.89. The molecule has 0 unspecified atom stereocenters. The van der Waals surface area contributed by atoms with Gasteiger partial charge in [-0.15, -0.1) is 0 Å². The Labute approximate surface area is 51.6 Å². The van der Waals surface area contributed by atoms with Crippen LogP contribution in [0.3, 0.4) is 0 Å². The molecule has 0 saturated carbocycles. The molecule has 9 heavy (non-hydrogen) atoms. The molecule has 5 heteroatoms. The third kappa shape index (κ3) is 3.48. The molecule has 0 aliphatic heterocycles. The second-order valence-corrected chi connectivity index (χ2v) is 1.19. The van der Waals surface area contributed by atoms with Crippen LogP contribution in [-0.2, 0) is 14.4 Å². The molecule has 0 aromatic heterocycles. The molecule has 0 heterocycles. The minimum atomic E-state index is -1.60. The van der Waals surface area contributed by atoms with E-state index < -0.39 is 11.9 Å². The molecule has 0 aromatic carbocycles. The molecule has 0 fully saturated rings. The van der Waals surface area contributed by atoms with E-state index >= 15 is 0 Å². The lowest BCUT2D eigenvalue weighted by molar-refractivity contribution is -0.168. The highest BCUT2D eigenvalue weighted by molar-refractivity contribution is 6.28. The van der Waals surface area contributed by atoms with Gasteiger partial charge in [0.05, 0.1) is 0 Å². The largest absolute Gasteiger partial charge is 0.473 e. The second kappa shape index (κ2) is 3.85.